The van der Waals surface area contributed by atoms with Crippen LogP contribution in [0.3, 0.4) is 0 Å². The Kier molecular flexibility index (Phi) is 6.35. The fourth-order valence-electron chi connectivity index (χ4n) is 3.84. The summed E-state index contributed by atoms with van der Waals surface area (Å²) in [5.41, 5.74) is 2.63. The molecule has 0 spiro atoms. The number of aromatic hydroxyl groups is 1. The molecule has 3 N–H and O–H groups in total. The molecule has 0 aliphatic heterocycles. The minimum absolute atomic E-state index is 0.0133. The number of anilines is 1. The number of ether oxygens (including phenoxy) is 1. The highest BCUT2D eigenvalue weighted by Gasteiger charge is 2.28. The number of rotatable bonds is 6. The van der Waals surface area contributed by atoms with Crippen molar-refractivity contribution < 1.29 is 19.4 Å². The fourth-order valence-corrected chi connectivity index (χ4v) is 3.84. The van der Waals surface area contributed by atoms with Crippen LogP contribution in [0.15, 0.2) is 48.5 Å². The van der Waals surface area contributed by atoms with E-state index in [1.807, 2.05) is 19.9 Å². The van der Waals surface area contributed by atoms with Crippen molar-refractivity contribution in [3.05, 3.63) is 59.8 Å². The molecule has 0 bridgehead atoms. The molecule has 4 rings (SSSR count). The molecule has 8 heteroatoms. The molecule has 1 fully saturated rings. The molecular weight excluding hydrogens is 420 g/mol. The van der Waals surface area contributed by atoms with E-state index in [-0.39, 0.29) is 29.6 Å². The van der Waals surface area contributed by atoms with Gasteiger partial charge < -0.3 is 20.5 Å². The first-order chi connectivity index (χ1) is 15.9. The Morgan fingerprint density at radius 1 is 1.15 bits per heavy atom. The van der Waals surface area contributed by atoms with Crippen LogP contribution in [-0.4, -0.2) is 40.0 Å². The van der Waals surface area contributed by atoms with Gasteiger partial charge in [-0.25, -0.2) is 4.79 Å². The number of benzene rings is 2. The number of hydrogen-bond donors (Lipinski definition) is 3. The number of carbonyl (C=O) groups is 2. The molecule has 8 nitrogen and oxygen atoms in total. The maximum absolute atomic E-state index is 12.8. The van der Waals surface area contributed by atoms with Crippen molar-refractivity contribution in [1.29, 1.82) is 0 Å². The van der Waals surface area contributed by atoms with Crippen molar-refractivity contribution in [3.63, 3.8) is 0 Å². The molecular formula is C25H28N4O4. The minimum Gasteiger partial charge on any atom is -0.507 e. The van der Waals surface area contributed by atoms with Gasteiger partial charge in [-0.1, -0.05) is 18.6 Å². The number of hydrogen-bond acceptors (Lipinski definition) is 5. The van der Waals surface area contributed by atoms with Crippen LogP contribution in [0.2, 0.25) is 0 Å². The van der Waals surface area contributed by atoms with Crippen LogP contribution in [0.4, 0.5) is 10.5 Å². The molecule has 1 aliphatic carbocycles. The number of aromatic nitrogens is 2. The number of nitrogens with zero attached hydrogens (tertiary/aromatic N) is 2. The second-order valence-corrected chi connectivity index (χ2v) is 8.48. The van der Waals surface area contributed by atoms with Crippen molar-refractivity contribution in [2.24, 2.45) is 0 Å². The monoisotopic (exact) mass is 448 g/mol. The number of methoxy groups -OCH3 is 1. The normalized spacial score (nSPS) is 13.5. The largest absolute Gasteiger partial charge is 0.507 e. The first-order valence-corrected chi connectivity index (χ1v) is 11.1. The summed E-state index contributed by atoms with van der Waals surface area (Å²) in [5, 5.41) is 20.8. The van der Waals surface area contributed by atoms with Crippen molar-refractivity contribution in [3.8, 4) is 22.8 Å². The topological polar surface area (TPSA) is 105 Å². The molecule has 1 heterocycles. The third-order valence-corrected chi connectivity index (χ3v) is 5.75. The van der Waals surface area contributed by atoms with Crippen LogP contribution in [0.25, 0.3) is 11.3 Å². The zero-order chi connectivity index (χ0) is 23.5. The van der Waals surface area contributed by atoms with Crippen LogP contribution >= 0.6 is 0 Å². The van der Waals surface area contributed by atoms with Crippen LogP contribution in [-0.2, 0) is 0 Å². The Balaban J connectivity index is 1.66. The van der Waals surface area contributed by atoms with E-state index in [1.165, 1.54) is 17.9 Å². The third-order valence-electron chi connectivity index (χ3n) is 5.75. The molecule has 3 aromatic rings. The van der Waals surface area contributed by atoms with Crippen molar-refractivity contribution >= 4 is 17.6 Å². The van der Waals surface area contributed by atoms with Gasteiger partial charge in [-0.2, -0.15) is 9.78 Å². The first kappa shape index (κ1) is 22.4. The summed E-state index contributed by atoms with van der Waals surface area (Å²) in [7, 11) is 1.51. The van der Waals surface area contributed by atoms with E-state index in [4.69, 9.17) is 4.74 Å². The quantitative estimate of drug-likeness (QED) is 0.472. The van der Waals surface area contributed by atoms with Crippen LogP contribution in [0.5, 0.6) is 11.5 Å². The van der Waals surface area contributed by atoms with E-state index >= 15 is 0 Å². The lowest BCUT2D eigenvalue weighted by molar-refractivity contribution is 0.102. The highest BCUT2D eigenvalue weighted by Crippen LogP contribution is 2.39. The Morgan fingerprint density at radius 2 is 1.91 bits per heavy atom. The standard InChI is InChI=1S/C25H28N4O4/c1-15(2)26-25(32)29-21(16-7-6-8-16)14-20(28-29)19-13-17(11-12-22(19)30)27-24(31)18-9-4-5-10-23(18)33-3/h4-5,9-16,30H,6-8H2,1-3H3,(H,26,32)(H,27,31). The van der Waals surface area contributed by atoms with Gasteiger partial charge in [-0.15, -0.1) is 0 Å². The van der Waals surface area contributed by atoms with Gasteiger partial charge in [-0.3, -0.25) is 4.79 Å². The van der Waals surface area contributed by atoms with Gasteiger partial charge in [0.05, 0.1) is 24.1 Å². The summed E-state index contributed by atoms with van der Waals surface area (Å²) in [5.74, 6) is 0.411. The van der Waals surface area contributed by atoms with Crippen molar-refractivity contribution in [2.45, 2.75) is 45.1 Å². The van der Waals surface area contributed by atoms with Gasteiger partial charge >= 0.3 is 6.03 Å². The molecule has 1 aromatic heterocycles. The van der Waals surface area contributed by atoms with Gasteiger partial charge in [-0.05, 0) is 63.1 Å². The Labute approximate surface area is 192 Å². The highest BCUT2D eigenvalue weighted by molar-refractivity contribution is 6.06. The Hall–Kier alpha value is -3.81. The SMILES string of the molecule is COc1ccccc1C(=O)Nc1ccc(O)c(-c2cc(C3CCC3)n(C(=O)NC(C)C)n2)c1. The average Bonchev–Trinajstić information content (AvgIpc) is 3.18. The van der Waals surface area contributed by atoms with E-state index in [0.29, 0.717) is 28.3 Å². The average molecular weight is 449 g/mol. The lowest BCUT2D eigenvalue weighted by Crippen LogP contribution is -2.36. The molecule has 33 heavy (non-hydrogen) atoms. The number of carbonyl (C=O) groups excluding carboxylic acids is 2. The predicted octanol–water partition coefficient (Wildman–Crippen LogP) is 4.75. The van der Waals surface area contributed by atoms with Crippen molar-refractivity contribution in [1.82, 2.24) is 15.1 Å². The van der Waals surface area contributed by atoms with Crippen molar-refractivity contribution in [2.75, 3.05) is 12.4 Å². The van der Waals surface area contributed by atoms with Crippen LogP contribution in [0, 0.1) is 0 Å². The first-order valence-electron chi connectivity index (χ1n) is 11.1. The summed E-state index contributed by atoms with van der Waals surface area (Å²) in [6.45, 7) is 3.79. The van der Waals surface area contributed by atoms with Crippen LogP contribution in [0.1, 0.15) is 55.1 Å². The molecule has 0 saturated heterocycles. The van der Waals surface area contributed by atoms with E-state index in [9.17, 15) is 14.7 Å². The third kappa shape index (κ3) is 4.69. The highest BCUT2D eigenvalue weighted by atomic mass is 16.5. The van der Waals surface area contributed by atoms with Gasteiger partial charge in [0.1, 0.15) is 11.5 Å². The number of para-hydroxylation sites is 1. The van der Waals surface area contributed by atoms with Gasteiger partial charge in [0.15, 0.2) is 0 Å². The number of phenolic OH excluding ortho intramolecular Hbond substituents is 1. The van der Waals surface area contributed by atoms with E-state index < -0.39 is 0 Å². The van der Waals surface area contributed by atoms with Gasteiger partial charge in [0.25, 0.3) is 5.91 Å². The van der Waals surface area contributed by atoms with E-state index in [0.717, 1.165) is 25.0 Å². The lowest BCUT2D eigenvalue weighted by atomic mass is 9.82. The molecule has 0 atom stereocenters. The molecule has 0 unspecified atom stereocenters. The maximum atomic E-state index is 12.8. The van der Waals surface area contributed by atoms with Gasteiger partial charge in [0, 0.05) is 23.2 Å². The lowest BCUT2D eigenvalue weighted by Gasteiger charge is -2.25. The Bertz CT molecular complexity index is 1180. The molecule has 1 aliphatic rings. The molecule has 1 saturated carbocycles. The van der Waals surface area contributed by atoms with E-state index in [2.05, 4.69) is 15.7 Å². The second-order valence-electron chi connectivity index (χ2n) is 8.48. The minimum atomic E-state index is -0.332. The summed E-state index contributed by atoms with van der Waals surface area (Å²) < 4.78 is 6.67. The number of phenols is 1. The fraction of sp³-hybridized carbons (Fsp3) is 0.320. The Morgan fingerprint density at radius 3 is 2.58 bits per heavy atom. The zero-order valence-electron chi connectivity index (χ0n) is 19.0. The summed E-state index contributed by atoms with van der Waals surface area (Å²) >= 11 is 0. The molecule has 2 amide bonds. The summed E-state index contributed by atoms with van der Waals surface area (Å²) in [4.78, 5) is 25.5. The molecule has 0 radical (unpaired) electrons. The molecule has 172 valence electrons. The summed E-state index contributed by atoms with van der Waals surface area (Å²) in [6, 6.07) is 13.2. The van der Waals surface area contributed by atoms with Crippen LogP contribution < -0.4 is 15.4 Å². The maximum Gasteiger partial charge on any atom is 0.342 e. The van der Waals surface area contributed by atoms with Gasteiger partial charge in [0.2, 0.25) is 0 Å². The smallest absolute Gasteiger partial charge is 0.342 e. The predicted molar refractivity (Wildman–Crippen MR) is 126 cm³/mol. The zero-order valence-corrected chi connectivity index (χ0v) is 19.0. The second kappa shape index (κ2) is 9.36. The van der Waals surface area contributed by atoms with E-state index in [1.54, 1.807) is 36.4 Å². The molecule has 2 aromatic carbocycles. The number of amides is 2. The number of nitrogens with one attached hydrogen (secondary N) is 2. The summed E-state index contributed by atoms with van der Waals surface area (Å²) in [6.07, 6.45) is 3.12.